The van der Waals surface area contributed by atoms with Gasteiger partial charge in [-0.15, -0.1) is 0 Å². The Labute approximate surface area is 109 Å². The average Bonchev–Trinajstić information content (AvgIpc) is 2.85. The minimum Gasteiger partial charge on any atom is -0.296 e. The van der Waals surface area contributed by atoms with Gasteiger partial charge in [-0.3, -0.25) is 4.90 Å². The number of rotatable bonds is 3. The van der Waals surface area contributed by atoms with E-state index in [4.69, 9.17) is 0 Å². The first-order valence-corrected chi connectivity index (χ1v) is 7.18. The summed E-state index contributed by atoms with van der Waals surface area (Å²) < 4.78 is 29.9. The molecule has 0 bridgehead atoms. The third-order valence-electron chi connectivity index (χ3n) is 4.03. The number of hydrogen-bond acceptors (Lipinski definition) is 4. The van der Waals surface area contributed by atoms with Crippen LogP contribution >= 0.6 is 11.5 Å². The third-order valence-corrected chi connectivity index (χ3v) is 4.81. The summed E-state index contributed by atoms with van der Waals surface area (Å²) in [5.41, 5.74) is 0. The summed E-state index contributed by atoms with van der Waals surface area (Å²) in [6, 6.07) is 0. The lowest BCUT2D eigenvalue weighted by atomic mass is 9.73. The van der Waals surface area contributed by atoms with Crippen LogP contribution in [0.15, 0.2) is 0 Å². The van der Waals surface area contributed by atoms with Crippen molar-refractivity contribution in [1.29, 1.82) is 0 Å². The summed E-state index contributed by atoms with van der Waals surface area (Å²) in [4.78, 5) is 6.67. The van der Waals surface area contributed by atoms with Crippen LogP contribution in [0.25, 0.3) is 0 Å². The largest absolute Gasteiger partial charge is 0.296 e. The first-order chi connectivity index (χ1) is 8.52. The van der Waals surface area contributed by atoms with Crippen LogP contribution in [-0.4, -0.2) is 33.3 Å². The Bertz CT molecular complexity index is 427. The van der Waals surface area contributed by atoms with Gasteiger partial charge in [0, 0.05) is 19.4 Å². The SMILES string of the molecule is Cc1nsc(CN2CCC(C3CC(F)(F)C3)C2)n1. The quantitative estimate of drug-likeness (QED) is 0.848. The number of aromatic nitrogens is 2. The van der Waals surface area contributed by atoms with Crippen molar-refractivity contribution in [2.75, 3.05) is 13.1 Å². The lowest BCUT2D eigenvalue weighted by Gasteiger charge is -2.38. The zero-order valence-electron chi connectivity index (χ0n) is 10.4. The lowest BCUT2D eigenvalue weighted by Crippen LogP contribution is -2.40. The highest BCUT2D eigenvalue weighted by atomic mass is 32.1. The molecule has 1 saturated carbocycles. The lowest BCUT2D eigenvalue weighted by molar-refractivity contribution is -0.124. The molecule has 1 aromatic rings. The predicted molar refractivity (Wildman–Crippen MR) is 65.7 cm³/mol. The van der Waals surface area contributed by atoms with E-state index in [1.54, 1.807) is 0 Å². The van der Waals surface area contributed by atoms with E-state index in [0.717, 1.165) is 36.9 Å². The zero-order valence-corrected chi connectivity index (χ0v) is 11.2. The first kappa shape index (κ1) is 12.4. The van der Waals surface area contributed by atoms with Crippen LogP contribution in [0.5, 0.6) is 0 Å². The molecule has 0 spiro atoms. The number of nitrogens with zero attached hydrogens (tertiary/aromatic N) is 3. The van der Waals surface area contributed by atoms with Crippen LogP contribution in [0, 0.1) is 18.8 Å². The van der Waals surface area contributed by atoms with Gasteiger partial charge in [-0.2, -0.15) is 4.37 Å². The summed E-state index contributed by atoms with van der Waals surface area (Å²) in [5, 5.41) is 1.03. The summed E-state index contributed by atoms with van der Waals surface area (Å²) in [6.07, 6.45) is 1.26. The van der Waals surface area contributed by atoms with Crippen LogP contribution in [-0.2, 0) is 6.54 Å². The molecule has 3 rings (SSSR count). The molecular weight excluding hydrogens is 256 g/mol. The molecule has 1 aliphatic heterocycles. The Morgan fingerprint density at radius 2 is 2.17 bits per heavy atom. The Morgan fingerprint density at radius 3 is 2.78 bits per heavy atom. The number of aryl methyl sites for hydroxylation is 1. The van der Waals surface area contributed by atoms with Crippen molar-refractivity contribution in [3.8, 4) is 0 Å². The average molecular weight is 273 g/mol. The van der Waals surface area contributed by atoms with Crippen LogP contribution < -0.4 is 0 Å². The summed E-state index contributed by atoms with van der Waals surface area (Å²) in [6.45, 7) is 4.67. The van der Waals surface area contributed by atoms with E-state index < -0.39 is 5.92 Å². The van der Waals surface area contributed by atoms with Gasteiger partial charge in [0.1, 0.15) is 10.8 Å². The first-order valence-electron chi connectivity index (χ1n) is 6.41. The standard InChI is InChI=1S/C12H17F2N3S/c1-8-15-11(18-16-8)7-17-3-2-9(6-17)10-4-12(13,14)5-10/h9-10H,2-7H2,1H3. The molecule has 3 nitrogen and oxygen atoms in total. The van der Waals surface area contributed by atoms with Crippen LogP contribution in [0.1, 0.15) is 30.1 Å². The molecule has 100 valence electrons. The number of likely N-dealkylation sites (tertiary alicyclic amines) is 1. The molecule has 0 radical (unpaired) electrons. The van der Waals surface area contributed by atoms with Crippen LogP contribution in [0.3, 0.4) is 0 Å². The van der Waals surface area contributed by atoms with E-state index in [-0.39, 0.29) is 18.8 Å². The van der Waals surface area contributed by atoms with E-state index >= 15 is 0 Å². The van der Waals surface area contributed by atoms with Crippen LogP contribution in [0.4, 0.5) is 8.78 Å². The van der Waals surface area contributed by atoms with Crippen molar-refractivity contribution >= 4 is 11.5 Å². The second kappa shape index (κ2) is 4.49. The molecule has 2 fully saturated rings. The van der Waals surface area contributed by atoms with E-state index in [0.29, 0.717) is 5.92 Å². The topological polar surface area (TPSA) is 29.0 Å². The molecular formula is C12H17F2N3S. The highest BCUT2D eigenvalue weighted by Crippen LogP contribution is 2.48. The fourth-order valence-electron chi connectivity index (χ4n) is 3.03. The second-order valence-corrected chi connectivity index (χ2v) is 6.38. The van der Waals surface area contributed by atoms with Gasteiger partial charge in [-0.1, -0.05) is 0 Å². The predicted octanol–water partition coefficient (Wildman–Crippen LogP) is 2.71. The molecule has 18 heavy (non-hydrogen) atoms. The fraction of sp³-hybridized carbons (Fsp3) is 0.833. The summed E-state index contributed by atoms with van der Waals surface area (Å²) in [7, 11) is 0. The number of hydrogen-bond donors (Lipinski definition) is 0. The van der Waals surface area contributed by atoms with Gasteiger partial charge in [0.15, 0.2) is 0 Å². The number of alkyl halides is 2. The van der Waals surface area contributed by atoms with Gasteiger partial charge in [0.25, 0.3) is 0 Å². The normalized spacial score (nSPS) is 28.5. The maximum Gasteiger partial charge on any atom is 0.248 e. The molecule has 0 amide bonds. The number of halogens is 2. The Kier molecular flexibility index (Phi) is 3.10. The fourth-order valence-corrected chi connectivity index (χ4v) is 3.72. The third kappa shape index (κ3) is 2.54. The van der Waals surface area contributed by atoms with Crippen molar-refractivity contribution in [2.24, 2.45) is 11.8 Å². The van der Waals surface area contributed by atoms with Gasteiger partial charge >= 0.3 is 0 Å². The van der Waals surface area contributed by atoms with Gasteiger partial charge < -0.3 is 0 Å². The summed E-state index contributed by atoms with van der Waals surface area (Å²) >= 11 is 1.44. The molecule has 0 aromatic carbocycles. The zero-order chi connectivity index (χ0) is 12.8. The Hall–Kier alpha value is -0.620. The molecule has 1 aliphatic carbocycles. The Balaban J connectivity index is 1.50. The van der Waals surface area contributed by atoms with E-state index in [2.05, 4.69) is 14.3 Å². The Morgan fingerprint density at radius 1 is 1.39 bits per heavy atom. The molecule has 1 aromatic heterocycles. The van der Waals surface area contributed by atoms with Gasteiger partial charge in [-0.05, 0) is 43.3 Å². The molecule has 0 N–H and O–H groups in total. The minimum atomic E-state index is -2.38. The van der Waals surface area contributed by atoms with Crippen LogP contribution in [0.2, 0.25) is 0 Å². The maximum absolute atomic E-state index is 12.9. The molecule has 1 atom stereocenters. The van der Waals surface area contributed by atoms with Crippen molar-refractivity contribution in [3.63, 3.8) is 0 Å². The van der Waals surface area contributed by atoms with Gasteiger partial charge in [-0.25, -0.2) is 13.8 Å². The molecule has 2 aliphatic rings. The monoisotopic (exact) mass is 273 g/mol. The molecule has 1 saturated heterocycles. The van der Waals surface area contributed by atoms with Crippen molar-refractivity contribution in [1.82, 2.24) is 14.3 Å². The smallest absolute Gasteiger partial charge is 0.248 e. The molecule has 6 heteroatoms. The minimum absolute atomic E-state index is 0.101. The van der Waals surface area contributed by atoms with Crippen molar-refractivity contribution in [3.05, 3.63) is 10.8 Å². The molecule has 1 unspecified atom stereocenters. The van der Waals surface area contributed by atoms with Gasteiger partial charge in [0.2, 0.25) is 5.92 Å². The summed E-state index contributed by atoms with van der Waals surface area (Å²) in [5.74, 6) is -0.863. The van der Waals surface area contributed by atoms with E-state index in [9.17, 15) is 8.78 Å². The van der Waals surface area contributed by atoms with Gasteiger partial charge in [0.05, 0.1) is 6.54 Å². The second-order valence-electron chi connectivity index (χ2n) is 5.54. The van der Waals surface area contributed by atoms with Crippen molar-refractivity contribution < 1.29 is 8.78 Å². The highest BCUT2D eigenvalue weighted by Gasteiger charge is 2.49. The van der Waals surface area contributed by atoms with E-state index in [1.165, 1.54) is 11.5 Å². The van der Waals surface area contributed by atoms with Crippen molar-refractivity contribution in [2.45, 2.75) is 38.7 Å². The molecule has 2 heterocycles. The van der Waals surface area contributed by atoms with E-state index in [1.807, 2.05) is 6.92 Å². The highest BCUT2D eigenvalue weighted by molar-refractivity contribution is 7.05. The maximum atomic E-state index is 12.9.